The molecule has 0 fully saturated rings. The first kappa shape index (κ1) is 15.0. The summed E-state index contributed by atoms with van der Waals surface area (Å²) in [5.74, 6) is 0.499. The lowest BCUT2D eigenvalue weighted by Gasteiger charge is -2.13. The molecular weight excluding hydrogens is 292 g/mol. The van der Waals surface area contributed by atoms with E-state index < -0.39 is 0 Å². The van der Waals surface area contributed by atoms with Gasteiger partial charge in [0.1, 0.15) is 0 Å². The Morgan fingerprint density at radius 1 is 1.19 bits per heavy atom. The highest BCUT2D eigenvalue weighted by atomic mass is 35.5. The van der Waals surface area contributed by atoms with E-state index in [1.807, 2.05) is 0 Å². The monoisotopic (exact) mass is 306 g/mol. The highest BCUT2D eigenvalue weighted by molar-refractivity contribution is 6.31. The molecule has 6 heteroatoms. The van der Waals surface area contributed by atoms with Crippen LogP contribution in [0.5, 0.6) is 11.5 Å². The number of methoxy groups -OCH3 is 2. The summed E-state index contributed by atoms with van der Waals surface area (Å²) in [4.78, 5) is 12.4. The normalized spacial score (nSPS) is 10.0. The Morgan fingerprint density at radius 2 is 1.95 bits per heavy atom. The molecule has 21 heavy (non-hydrogen) atoms. The van der Waals surface area contributed by atoms with Crippen molar-refractivity contribution in [3.63, 3.8) is 0 Å². The second-order valence-corrected chi connectivity index (χ2v) is 4.66. The fraction of sp³-hybridized carbons (Fsp3) is 0.133. The number of nitrogen functional groups attached to an aromatic ring is 1. The molecule has 0 saturated carbocycles. The quantitative estimate of drug-likeness (QED) is 0.851. The largest absolute Gasteiger partial charge is 0.493 e. The van der Waals surface area contributed by atoms with Crippen molar-refractivity contribution in [3.05, 3.63) is 47.0 Å². The average molecular weight is 307 g/mol. The van der Waals surface area contributed by atoms with Crippen molar-refractivity contribution < 1.29 is 14.3 Å². The van der Waals surface area contributed by atoms with Gasteiger partial charge in [-0.05, 0) is 30.3 Å². The Bertz CT molecular complexity index is 674. The molecule has 2 aromatic carbocycles. The summed E-state index contributed by atoms with van der Waals surface area (Å²) in [5, 5.41) is 3.23. The molecule has 1 amide bonds. The number of benzene rings is 2. The van der Waals surface area contributed by atoms with Crippen molar-refractivity contribution in [1.82, 2.24) is 0 Å². The lowest BCUT2D eigenvalue weighted by molar-refractivity contribution is 0.102. The zero-order chi connectivity index (χ0) is 15.4. The molecule has 110 valence electrons. The van der Waals surface area contributed by atoms with Crippen LogP contribution in [0.2, 0.25) is 5.02 Å². The number of amides is 1. The zero-order valence-electron chi connectivity index (χ0n) is 11.6. The highest BCUT2D eigenvalue weighted by Crippen LogP contribution is 2.31. The maximum absolute atomic E-state index is 12.4. The molecule has 2 rings (SSSR count). The van der Waals surface area contributed by atoms with Gasteiger partial charge in [-0.3, -0.25) is 4.79 Å². The molecule has 5 nitrogen and oxygen atoms in total. The van der Waals surface area contributed by atoms with E-state index in [1.165, 1.54) is 14.2 Å². The van der Waals surface area contributed by atoms with Gasteiger partial charge >= 0.3 is 0 Å². The minimum atomic E-state index is -0.347. The number of carbonyl (C=O) groups excluding carboxylic acids is 1. The van der Waals surface area contributed by atoms with Crippen molar-refractivity contribution in [3.8, 4) is 11.5 Å². The fourth-order valence-electron chi connectivity index (χ4n) is 1.90. The summed E-state index contributed by atoms with van der Waals surface area (Å²) in [6, 6.07) is 9.93. The topological polar surface area (TPSA) is 73.6 Å². The third kappa shape index (κ3) is 3.20. The first-order valence-corrected chi connectivity index (χ1v) is 6.52. The predicted molar refractivity (Wildman–Crippen MR) is 83.4 cm³/mol. The van der Waals surface area contributed by atoms with Crippen molar-refractivity contribution in [1.29, 1.82) is 0 Å². The van der Waals surface area contributed by atoms with E-state index in [-0.39, 0.29) is 5.91 Å². The summed E-state index contributed by atoms with van der Waals surface area (Å²) in [6.07, 6.45) is 0. The van der Waals surface area contributed by atoms with Crippen LogP contribution in [0.15, 0.2) is 36.4 Å². The van der Waals surface area contributed by atoms with E-state index in [0.717, 1.165) is 0 Å². The van der Waals surface area contributed by atoms with Gasteiger partial charge in [0.15, 0.2) is 11.5 Å². The van der Waals surface area contributed by atoms with E-state index >= 15 is 0 Å². The van der Waals surface area contributed by atoms with E-state index in [0.29, 0.717) is 33.5 Å². The average Bonchev–Trinajstić information content (AvgIpc) is 2.49. The number of ether oxygens (including phenoxy) is 2. The molecule has 0 aromatic heterocycles. The number of carbonyl (C=O) groups is 1. The predicted octanol–water partition coefficient (Wildman–Crippen LogP) is 3.19. The van der Waals surface area contributed by atoms with Gasteiger partial charge in [-0.15, -0.1) is 0 Å². The van der Waals surface area contributed by atoms with Gasteiger partial charge in [-0.1, -0.05) is 17.7 Å². The highest BCUT2D eigenvalue weighted by Gasteiger charge is 2.17. The molecule has 0 radical (unpaired) electrons. The molecule has 0 heterocycles. The van der Waals surface area contributed by atoms with Gasteiger partial charge in [0, 0.05) is 5.02 Å². The summed E-state index contributed by atoms with van der Waals surface area (Å²) >= 11 is 5.83. The number of nitrogens with one attached hydrogen (secondary N) is 1. The number of nitrogens with two attached hydrogens (primary N) is 1. The first-order chi connectivity index (χ1) is 10.1. The lowest BCUT2D eigenvalue weighted by atomic mass is 10.1. The molecule has 0 aliphatic carbocycles. The third-order valence-electron chi connectivity index (χ3n) is 2.91. The van der Waals surface area contributed by atoms with Crippen LogP contribution in [0, 0.1) is 0 Å². The second kappa shape index (κ2) is 6.37. The van der Waals surface area contributed by atoms with Crippen molar-refractivity contribution in [2.45, 2.75) is 0 Å². The van der Waals surface area contributed by atoms with E-state index in [1.54, 1.807) is 36.4 Å². The number of rotatable bonds is 4. The molecule has 0 unspecified atom stereocenters. The first-order valence-electron chi connectivity index (χ1n) is 6.14. The van der Waals surface area contributed by atoms with Crippen LogP contribution in [0.1, 0.15) is 10.4 Å². The third-order valence-corrected chi connectivity index (χ3v) is 3.14. The van der Waals surface area contributed by atoms with Crippen LogP contribution in [-0.4, -0.2) is 20.1 Å². The van der Waals surface area contributed by atoms with Gasteiger partial charge < -0.3 is 20.5 Å². The van der Waals surface area contributed by atoms with Gasteiger partial charge in [0.05, 0.1) is 31.2 Å². The Hall–Kier alpha value is -2.40. The summed E-state index contributed by atoms with van der Waals surface area (Å²) in [7, 11) is 2.99. The minimum absolute atomic E-state index is 0.347. The van der Waals surface area contributed by atoms with Gasteiger partial charge in [0.2, 0.25) is 0 Å². The Balaban J connectivity index is 2.32. The molecule has 3 N–H and O–H groups in total. The van der Waals surface area contributed by atoms with Gasteiger partial charge in [-0.25, -0.2) is 0 Å². The molecule has 2 aromatic rings. The molecule has 0 saturated heterocycles. The van der Waals surface area contributed by atoms with Crippen LogP contribution in [0.3, 0.4) is 0 Å². The number of para-hydroxylation sites is 1. The minimum Gasteiger partial charge on any atom is -0.493 e. The zero-order valence-corrected chi connectivity index (χ0v) is 12.4. The Labute approximate surface area is 127 Å². The second-order valence-electron chi connectivity index (χ2n) is 4.23. The summed E-state index contributed by atoms with van der Waals surface area (Å²) in [6.45, 7) is 0. The maximum atomic E-state index is 12.4. The molecule has 0 bridgehead atoms. The van der Waals surface area contributed by atoms with E-state index in [9.17, 15) is 4.79 Å². The number of hydrogen-bond acceptors (Lipinski definition) is 4. The van der Waals surface area contributed by atoms with Crippen LogP contribution in [0.4, 0.5) is 11.4 Å². The van der Waals surface area contributed by atoms with Gasteiger partial charge in [-0.2, -0.15) is 0 Å². The van der Waals surface area contributed by atoms with Crippen LogP contribution >= 0.6 is 11.6 Å². The molecule has 0 atom stereocenters. The summed E-state index contributed by atoms with van der Waals surface area (Å²) in [5.41, 5.74) is 7.04. The van der Waals surface area contributed by atoms with E-state index in [4.69, 9.17) is 26.8 Å². The van der Waals surface area contributed by atoms with Crippen LogP contribution < -0.4 is 20.5 Å². The molecule has 0 aliphatic rings. The Kier molecular flexibility index (Phi) is 4.55. The molecular formula is C15H15ClN2O3. The SMILES string of the molecule is COc1cccc(C(=O)Nc2ccc(Cl)cc2N)c1OC. The molecule has 0 aliphatic heterocycles. The molecule has 0 spiro atoms. The van der Waals surface area contributed by atoms with Crippen molar-refractivity contribution >= 4 is 28.9 Å². The van der Waals surface area contributed by atoms with Crippen LogP contribution in [-0.2, 0) is 0 Å². The smallest absolute Gasteiger partial charge is 0.259 e. The number of hydrogen-bond donors (Lipinski definition) is 2. The van der Waals surface area contributed by atoms with Crippen molar-refractivity contribution in [2.24, 2.45) is 0 Å². The van der Waals surface area contributed by atoms with Gasteiger partial charge in [0.25, 0.3) is 5.91 Å². The lowest BCUT2D eigenvalue weighted by Crippen LogP contribution is -2.14. The standard InChI is InChI=1S/C15H15ClN2O3/c1-20-13-5-3-4-10(14(13)21-2)15(19)18-12-7-6-9(16)8-11(12)17/h3-8H,17H2,1-2H3,(H,18,19). The van der Waals surface area contributed by atoms with Crippen molar-refractivity contribution in [2.75, 3.05) is 25.3 Å². The number of anilines is 2. The summed E-state index contributed by atoms with van der Waals surface area (Å²) < 4.78 is 10.4. The number of halogens is 1. The fourth-order valence-corrected chi connectivity index (χ4v) is 2.08. The van der Waals surface area contributed by atoms with E-state index in [2.05, 4.69) is 5.32 Å². The Morgan fingerprint density at radius 3 is 2.57 bits per heavy atom. The van der Waals surface area contributed by atoms with Crippen LogP contribution in [0.25, 0.3) is 0 Å². The maximum Gasteiger partial charge on any atom is 0.259 e.